The van der Waals surface area contributed by atoms with E-state index in [1.807, 2.05) is 0 Å². The summed E-state index contributed by atoms with van der Waals surface area (Å²) in [7, 11) is 0. The number of rotatable bonds is 3. The number of carbonyl (C=O) groups is 1. The third-order valence-corrected chi connectivity index (χ3v) is 3.62. The van der Waals surface area contributed by atoms with Crippen molar-refractivity contribution in [3.63, 3.8) is 0 Å². The van der Waals surface area contributed by atoms with Crippen LogP contribution in [0.3, 0.4) is 0 Å². The van der Waals surface area contributed by atoms with E-state index >= 15 is 0 Å². The molecule has 1 aliphatic rings. The summed E-state index contributed by atoms with van der Waals surface area (Å²) in [6, 6.07) is 3.24. The number of hydrogen-bond donors (Lipinski definition) is 1. The van der Waals surface area contributed by atoms with E-state index in [0.717, 1.165) is 24.6 Å². The minimum Gasteiger partial charge on any atom is -0.480 e. The molecule has 1 aliphatic heterocycles. The van der Waals surface area contributed by atoms with Crippen molar-refractivity contribution in [3.05, 3.63) is 35.4 Å². The molecule has 1 unspecified atom stereocenters. The molecule has 0 aromatic heterocycles. The predicted molar refractivity (Wildman–Crippen MR) is 62.0 cm³/mol. The van der Waals surface area contributed by atoms with E-state index in [1.165, 1.54) is 0 Å². The molecule has 98 valence electrons. The highest BCUT2D eigenvalue weighted by molar-refractivity contribution is 5.78. The lowest BCUT2D eigenvalue weighted by molar-refractivity contribution is -0.148. The van der Waals surface area contributed by atoms with Crippen LogP contribution in [0.15, 0.2) is 18.2 Å². The van der Waals surface area contributed by atoms with Crippen LogP contribution in [0.25, 0.3) is 0 Å². The van der Waals surface area contributed by atoms with E-state index in [-0.39, 0.29) is 12.1 Å². The highest BCUT2D eigenvalue weighted by Crippen LogP contribution is 2.31. The first kappa shape index (κ1) is 13.0. The Bertz CT molecular complexity index is 478. The van der Waals surface area contributed by atoms with Crippen LogP contribution in [0.2, 0.25) is 0 Å². The molecule has 0 saturated carbocycles. The van der Waals surface area contributed by atoms with Crippen molar-refractivity contribution in [1.29, 1.82) is 0 Å². The van der Waals surface area contributed by atoms with Gasteiger partial charge in [0.25, 0.3) is 0 Å². The van der Waals surface area contributed by atoms with E-state index in [9.17, 15) is 18.7 Å². The number of halogens is 2. The molecule has 0 amide bonds. The molecule has 1 N–H and O–H groups in total. The second kappa shape index (κ2) is 4.65. The van der Waals surface area contributed by atoms with Crippen LogP contribution in [0.1, 0.15) is 25.3 Å². The molecule has 5 heteroatoms. The summed E-state index contributed by atoms with van der Waals surface area (Å²) in [4.78, 5) is 13.0. The molecule has 1 heterocycles. The zero-order chi connectivity index (χ0) is 13.3. The Balaban J connectivity index is 2.23. The maximum Gasteiger partial charge on any atom is 0.323 e. The molecule has 1 atom stereocenters. The lowest BCUT2D eigenvalue weighted by Gasteiger charge is -2.31. The smallest absolute Gasteiger partial charge is 0.323 e. The number of hydrogen-bond acceptors (Lipinski definition) is 2. The van der Waals surface area contributed by atoms with Gasteiger partial charge in [-0.05, 0) is 44.5 Å². The van der Waals surface area contributed by atoms with Gasteiger partial charge in [-0.1, -0.05) is 0 Å². The van der Waals surface area contributed by atoms with Crippen molar-refractivity contribution in [2.75, 3.05) is 6.54 Å². The van der Waals surface area contributed by atoms with Crippen LogP contribution in [0.5, 0.6) is 0 Å². The van der Waals surface area contributed by atoms with E-state index in [1.54, 1.807) is 11.8 Å². The Hall–Kier alpha value is -1.49. The highest BCUT2D eigenvalue weighted by Gasteiger charge is 2.43. The quantitative estimate of drug-likeness (QED) is 0.901. The summed E-state index contributed by atoms with van der Waals surface area (Å²) in [5, 5.41) is 9.24. The van der Waals surface area contributed by atoms with E-state index in [4.69, 9.17) is 0 Å². The first-order valence-corrected chi connectivity index (χ1v) is 5.86. The van der Waals surface area contributed by atoms with Crippen molar-refractivity contribution in [2.24, 2.45) is 0 Å². The van der Waals surface area contributed by atoms with Crippen LogP contribution in [-0.2, 0) is 11.3 Å². The average Bonchev–Trinajstić information content (AvgIpc) is 2.67. The van der Waals surface area contributed by atoms with Gasteiger partial charge in [0.15, 0.2) is 0 Å². The number of benzene rings is 1. The standard InChI is InChI=1S/C13H15F2NO2/c1-13(12(17)18)5-2-6-16(13)8-9-7-10(14)3-4-11(9)15/h3-4,7H,2,5-6,8H2,1H3,(H,17,18). The highest BCUT2D eigenvalue weighted by atomic mass is 19.1. The Kier molecular flexibility index (Phi) is 3.34. The zero-order valence-electron chi connectivity index (χ0n) is 10.1. The monoisotopic (exact) mass is 255 g/mol. The first-order valence-electron chi connectivity index (χ1n) is 5.86. The van der Waals surface area contributed by atoms with Gasteiger partial charge in [-0.15, -0.1) is 0 Å². The van der Waals surface area contributed by atoms with Gasteiger partial charge in [0.1, 0.15) is 17.2 Å². The third kappa shape index (κ3) is 2.22. The molecule has 0 spiro atoms. The SMILES string of the molecule is CC1(C(=O)O)CCCN1Cc1cc(F)ccc1F. The molecular weight excluding hydrogens is 240 g/mol. The molecule has 18 heavy (non-hydrogen) atoms. The number of aliphatic carboxylic acids is 1. The number of carboxylic acids is 1. The Morgan fingerprint density at radius 1 is 1.50 bits per heavy atom. The Morgan fingerprint density at radius 3 is 2.89 bits per heavy atom. The minimum absolute atomic E-state index is 0.117. The minimum atomic E-state index is -0.987. The van der Waals surface area contributed by atoms with Gasteiger partial charge in [-0.25, -0.2) is 8.78 Å². The van der Waals surface area contributed by atoms with Crippen LogP contribution >= 0.6 is 0 Å². The fourth-order valence-corrected chi connectivity index (χ4v) is 2.38. The Labute approximate surface area is 104 Å². The van der Waals surface area contributed by atoms with Gasteiger partial charge >= 0.3 is 5.97 Å². The average molecular weight is 255 g/mol. The normalized spacial score (nSPS) is 24.4. The summed E-state index contributed by atoms with van der Waals surface area (Å²) in [6.45, 7) is 2.32. The van der Waals surface area contributed by atoms with Crippen molar-refractivity contribution in [1.82, 2.24) is 4.90 Å². The van der Waals surface area contributed by atoms with Gasteiger partial charge in [0, 0.05) is 12.1 Å². The van der Waals surface area contributed by atoms with Crippen molar-refractivity contribution in [3.8, 4) is 0 Å². The maximum absolute atomic E-state index is 13.5. The van der Waals surface area contributed by atoms with E-state index < -0.39 is 23.1 Å². The lowest BCUT2D eigenvalue weighted by Crippen LogP contribution is -2.47. The van der Waals surface area contributed by atoms with Crippen LogP contribution in [0, 0.1) is 11.6 Å². The van der Waals surface area contributed by atoms with Crippen LogP contribution in [0.4, 0.5) is 8.78 Å². The zero-order valence-corrected chi connectivity index (χ0v) is 10.1. The Morgan fingerprint density at radius 2 is 2.22 bits per heavy atom. The molecule has 1 aromatic carbocycles. The van der Waals surface area contributed by atoms with Crippen LogP contribution in [-0.4, -0.2) is 28.1 Å². The summed E-state index contributed by atoms with van der Waals surface area (Å²) < 4.78 is 26.6. The molecular formula is C13H15F2NO2. The first-order chi connectivity index (χ1) is 8.43. The van der Waals surface area contributed by atoms with Crippen LogP contribution < -0.4 is 0 Å². The van der Waals surface area contributed by atoms with Gasteiger partial charge in [0.05, 0.1) is 0 Å². The van der Waals surface area contributed by atoms with Gasteiger partial charge in [-0.3, -0.25) is 9.69 Å². The van der Waals surface area contributed by atoms with Crippen molar-refractivity contribution >= 4 is 5.97 Å². The summed E-state index contributed by atoms with van der Waals surface area (Å²) in [5.74, 6) is -1.93. The molecule has 1 fully saturated rings. The largest absolute Gasteiger partial charge is 0.480 e. The molecule has 1 aromatic rings. The molecule has 1 saturated heterocycles. The van der Waals surface area contributed by atoms with Gasteiger partial charge < -0.3 is 5.11 Å². The summed E-state index contributed by atoms with van der Waals surface area (Å²) in [6.07, 6.45) is 1.28. The topological polar surface area (TPSA) is 40.5 Å². The third-order valence-electron chi connectivity index (χ3n) is 3.62. The molecule has 0 bridgehead atoms. The molecule has 2 rings (SSSR count). The van der Waals surface area contributed by atoms with Crippen molar-refractivity contribution in [2.45, 2.75) is 31.8 Å². The number of carboxylic acid groups (broad SMARTS) is 1. The second-order valence-electron chi connectivity index (χ2n) is 4.84. The molecule has 0 aliphatic carbocycles. The fourth-order valence-electron chi connectivity index (χ4n) is 2.38. The fraction of sp³-hybridized carbons (Fsp3) is 0.462. The maximum atomic E-state index is 13.5. The van der Waals surface area contributed by atoms with Gasteiger partial charge in [-0.2, -0.15) is 0 Å². The molecule has 3 nitrogen and oxygen atoms in total. The number of likely N-dealkylation sites (tertiary alicyclic amines) is 1. The number of nitrogens with zero attached hydrogens (tertiary/aromatic N) is 1. The predicted octanol–water partition coefficient (Wildman–Crippen LogP) is 2.40. The summed E-state index contributed by atoms with van der Waals surface area (Å²) in [5.41, 5.74) is -0.789. The van der Waals surface area contributed by atoms with E-state index in [2.05, 4.69) is 0 Å². The second-order valence-corrected chi connectivity index (χ2v) is 4.84. The van der Waals surface area contributed by atoms with Gasteiger partial charge in [0.2, 0.25) is 0 Å². The van der Waals surface area contributed by atoms with E-state index in [0.29, 0.717) is 13.0 Å². The van der Waals surface area contributed by atoms with Crippen molar-refractivity contribution < 1.29 is 18.7 Å². The lowest BCUT2D eigenvalue weighted by atomic mass is 9.99. The molecule has 0 radical (unpaired) electrons. The summed E-state index contributed by atoms with van der Waals surface area (Å²) >= 11 is 0.